The maximum atomic E-state index is 12.7. The Morgan fingerprint density at radius 2 is 1.89 bits per heavy atom. The molecule has 0 spiro atoms. The zero-order chi connectivity index (χ0) is 13.8. The quantitative estimate of drug-likeness (QED) is 0.800. The molecule has 0 fully saturated rings. The van der Waals surface area contributed by atoms with Crippen LogP contribution in [-0.4, -0.2) is 19.0 Å². The van der Waals surface area contributed by atoms with E-state index in [-0.39, 0.29) is 11.8 Å². The summed E-state index contributed by atoms with van der Waals surface area (Å²) in [5, 5.41) is 0. The molecule has 0 amide bonds. The van der Waals surface area contributed by atoms with Crippen molar-refractivity contribution in [2.45, 2.75) is 31.7 Å². The lowest BCUT2D eigenvalue weighted by molar-refractivity contribution is -0.148. The minimum Gasteiger partial charge on any atom is -0.487 e. The average molecular weight is 265 g/mol. The zero-order valence-corrected chi connectivity index (χ0v) is 9.88. The molecular weight excluding hydrogens is 250 g/mol. The van der Waals surface area contributed by atoms with E-state index in [0.29, 0.717) is 12.0 Å². The van der Waals surface area contributed by atoms with Crippen molar-refractivity contribution in [2.24, 2.45) is 5.73 Å². The average Bonchev–Trinajstić information content (AvgIpc) is 2.35. The van der Waals surface area contributed by atoms with Crippen molar-refractivity contribution in [3.63, 3.8) is 0 Å². The predicted octanol–water partition coefficient (Wildman–Crippen LogP) is 3.38. The highest BCUT2D eigenvalue weighted by Gasteiger charge is 2.41. The van der Waals surface area contributed by atoms with E-state index < -0.39 is 19.0 Å². The number of benzene rings is 1. The number of alkyl halides is 4. The van der Waals surface area contributed by atoms with E-state index in [1.807, 2.05) is 6.92 Å². The van der Waals surface area contributed by atoms with E-state index in [9.17, 15) is 17.6 Å². The molecule has 1 aromatic carbocycles. The molecule has 0 aliphatic rings. The Morgan fingerprint density at radius 1 is 1.28 bits per heavy atom. The summed E-state index contributed by atoms with van der Waals surface area (Å²) in [5.74, 6) is -4.05. The summed E-state index contributed by atoms with van der Waals surface area (Å²) in [6.45, 7) is 0.466. The van der Waals surface area contributed by atoms with Gasteiger partial charge in [-0.3, -0.25) is 0 Å². The molecule has 2 N–H and O–H groups in total. The number of halogens is 4. The third-order valence-electron chi connectivity index (χ3n) is 2.50. The highest BCUT2D eigenvalue weighted by Crippen LogP contribution is 2.28. The Labute approximate surface area is 103 Å². The fraction of sp³-hybridized carbons (Fsp3) is 0.500. The predicted molar refractivity (Wildman–Crippen MR) is 60.1 cm³/mol. The van der Waals surface area contributed by atoms with Gasteiger partial charge in [-0.05, 0) is 12.5 Å². The summed E-state index contributed by atoms with van der Waals surface area (Å²) < 4.78 is 54.2. The van der Waals surface area contributed by atoms with Gasteiger partial charge < -0.3 is 10.5 Å². The molecule has 0 aliphatic carbocycles. The summed E-state index contributed by atoms with van der Waals surface area (Å²) in [5.41, 5.74) is 6.31. The molecule has 1 atom stereocenters. The molecule has 0 unspecified atom stereocenters. The van der Waals surface area contributed by atoms with Gasteiger partial charge in [0.2, 0.25) is 0 Å². The second-order valence-corrected chi connectivity index (χ2v) is 3.90. The molecule has 0 saturated heterocycles. The van der Waals surface area contributed by atoms with Crippen LogP contribution in [0.1, 0.15) is 24.9 Å². The van der Waals surface area contributed by atoms with Crippen molar-refractivity contribution in [2.75, 3.05) is 6.61 Å². The van der Waals surface area contributed by atoms with E-state index in [1.165, 1.54) is 6.07 Å². The second-order valence-electron chi connectivity index (χ2n) is 3.90. The van der Waals surface area contributed by atoms with E-state index in [1.54, 1.807) is 18.2 Å². The van der Waals surface area contributed by atoms with Gasteiger partial charge in [0.1, 0.15) is 5.75 Å². The van der Waals surface area contributed by atoms with Gasteiger partial charge in [0.25, 0.3) is 0 Å². The molecule has 0 saturated carbocycles. The van der Waals surface area contributed by atoms with Gasteiger partial charge in [-0.1, -0.05) is 25.1 Å². The Morgan fingerprint density at radius 3 is 2.44 bits per heavy atom. The number of rotatable bonds is 6. The zero-order valence-electron chi connectivity index (χ0n) is 9.88. The molecule has 102 valence electrons. The third-order valence-corrected chi connectivity index (χ3v) is 2.50. The highest BCUT2D eigenvalue weighted by atomic mass is 19.3. The van der Waals surface area contributed by atoms with Crippen LogP contribution in [0, 0.1) is 0 Å². The lowest BCUT2D eigenvalue weighted by Gasteiger charge is -2.19. The minimum atomic E-state index is -4.16. The van der Waals surface area contributed by atoms with Crippen LogP contribution in [0.25, 0.3) is 0 Å². The van der Waals surface area contributed by atoms with Gasteiger partial charge in [0, 0.05) is 11.6 Å². The van der Waals surface area contributed by atoms with Crippen LogP contribution in [0.15, 0.2) is 24.3 Å². The van der Waals surface area contributed by atoms with Crippen LogP contribution in [0.2, 0.25) is 0 Å². The minimum absolute atomic E-state index is 0.118. The van der Waals surface area contributed by atoms with Crippen LogP contribution in [-0.2, 0) is 0 Å². The van der Waals surface area contributed by atoms with Crippen molar-refractivity contribution >= 4 is 0 Å². The van der Waals surface area contributed by atoms with Crippen molar-refractivity contribution in [3.05, 3.63) is 29.8 Å². The fourth-order valence-electron chi connectivity index (χ4n) is 1.38. The van der Waals surface area contributed by atoms with E-state index in [4.69, 9.17) is 10.5 Å². The number of hydrogen-bond donors (Lipinski definition) is 1. The standard InChI is InChI=1S/C12H15F4NO/c1-2-9(17)8-5-3-4-6-10(8)18-7-12(15,16)11(13)14/h3-6,9,11H,2,7,17H2,1H3/t9-/m1/s1. The van der Waals surface area contributed by atoms with Gasteiger partial charge in [0.15, 0.2) is 6.61 Å². The molecule has 0 radical (unpaired) electrons. The van der Waals surface area contributed by atoms with Gasteiger partial charge in [-0.15, -0.1) is 0 Å². The molecule has 0 aromatic heterocycles. The topological polar surface area (TPSA) is 35.2 Å². The normalized spacial score (nSPS) is 13.7. The molecule has 0 heterocycles. The van der Waals surface area contributed by atoms with Gasteiger partial charge in [-0.25, -0.2) is 8.78 Å². The smallest absolute Gasteiger partial charge is 0.340 e. The van der Waals surface area contributed by atoms with Crippen molar-refractivity contribution in [1.29, 1.82) is 0 Å². The van der Waals surface area contributed by atoms with Crippen LogP contribution in [0.4, 0.5) is 17.6 Å². The molecule has 18 heavy (non-hydrogen) atoms. The third kappa shape index (κ3) is 3.60. The first-order valence-corrected chi connectivity index (χ1v) is 5.51. The van der Waals surface area contributed by atoms with Crippen molar-refractivity contribution in [3.8, 4) is 5.75 Å². The van der Waals surface area contributed by atoms with Crippen LogP contribution in [0.3, 0.4) is 0 Å². The maximum Gasteiger partial charge on any atom is 0.340 e. The van der Waals surface area contributed by atoms with Crippen LogP contribution in [0.5, 0.6) is 5.75 Å². The summed E-state index contributed by atoms with van der Waals surface area (Å²) in [6, 6.07) is 5.95. The van der Waals surface area contributed by atoms with E-state index in [0.717, 1.165) is 0 Å². The van der Waals surface area contributed by atoms with Crippen molar-refractivity contribution in [1.82, 2.24) is 0 Å². The molecular formula is C12H15F4NO. The Hall–Kier alpha value is -1.30. The Bertz CT molecular complexity index is 384. The summed E-state index contributed by atoms with van der Waals surface area (Å²) in [7, 11) is 0. The molecule has 1 rings (SSSR count). The summed E-state index contributed by atoms with van der Waals surface area (Å²) in [4.78, 5) is 0. The molecule has 6 heteroatoms. The monoisotopic (exact) mass is 265 g/mol. The number of hydrogen-bond acceptors (Lipinski definition) is 2. The highest BCUT2D eigenvalue weighted by molar-refractivity contribution is 5.35. The largest absolute Gasteiger partial charge is 0.487 e. The Balaban J connectivity index is 2.79. The lowest BCUT2D eigenvalue weighted by Crippen LogP contribution is -2.34. The molecule has 0 aliphatic heterocycles. The molecule has 0 bridgehead atoms. The van der Waals surface area contributed by atoms with Crippen LogP contribution >= 0.6 is 0 Å². The number of nitrogens with two attached hydrogens (primary N) is 1. The van der Waals surface area contributed by atoms with Crippen LogP contribution < -0.4 is 10.5 Å². The SMILES string of the molecule is CC[C@@H](N)c1ccccc1OCC(F)(F)C(F)F. The first-order valence-electron chi connectivity index (χ1n) is 5.51. The fourth-order valence-corrected chi connectivity index (χ4v) is 1.38. The first kappa shape index (κ1) is 14.8. The lowest BCUT2D eigenvalue weighted by atomic mass is 10.0. The summed E-state index contributed by atoms with van der Waals surface area (Å²) in [6.07, 6.45) is -3.16. The van der Waals surface area contributed by atoms with Gasteiger partial charge >= 0.3 is 12.3 Å². The number of ether oxygens (including phenoxy) is 1. The van der Waals surface area contributed by atoms with E-state index >= 15 is 0 Å². The first-order chi connectivity index (χ1) is 8.38. The van der Waals surface area contributed by atoms with Crippen molar-refractivity contribution < 1.29 is 22.3 Å². The number of para-hydroxylation sites is 1. The molecule has 2 nitrogen and oxygen atoms in total. The summed E-state index contributed by atoms with van der Waals surface area (Å²) >= 11 is 0. The van der Waals surface area contributed by atoms with Gasteiger partial charge in [0.05, 0.1) is 0 Å². The molecule has 1 aromatic rings. The maximum absolute atomic E-state index is 12.7. The van der Waals surface area contributed by atoms with Gasteiger partial charge in [-0.2, -0.15) is 8.78 Å². The Kier molecular flexibility index (Phi) is 4.95. The van der Waals surface area contributed by atoms with E-state index in [2.05, 4.69) is 0 Å². The second kappa shape index (κ2) is 6.04.